The SMILES string of the molecule is CC(C)C1CCC(C(C)(C)SI)CC1. The largest absolute Gasteiger partial charge is 0.0828 e. The van der Waals surface area contributed by atoms with Gasteiger partial charge in [0.1, 0.15) is 0 Å². The summed E-state index contributed by atoms with van der Waals surface area (Å²) in [6.07, 6.45) is 5.82. The molecule has 0 heterocycles. The van der Waals surface area contributed by atoms with Crippen molar-refractivity contribution < 1.29 is 0 Å². The van der Waals surface area contributed by atoms with Crippen LogP contribution < -0.4 is 0 Å². The molecule has 0 radical (unpaired) electrons. The first kappa shape index (κ1) is 13.1. The molecule has 1 aliphatic rings. The molecule has 1 aliphatic carbocycles. The van der Waals surface area contributed by atoms with Crippen molar-refractivity contribution in [3.63, 3.8) is 0 Å². The minimum absolute atomic E-state index is 0.489. The summed E-state index contributed by atoms with van der Waals surface area (Å²) in [5, 5.41) is 0. The van der Waals surface area contributed by atoms with Crippen molar-refractivity contribution in [1.82, 2.24) is 0 Å². The van der Waals surface area contributed by atoms with Gasteiger partial charge < -0.3 is 0 Å². The van der Waals surface area contributed by atoms with E-state index in [0.717, 1.165) is 17.8 Å². The monoisotopic (exact) mass is 326 g/mol. The van der Waals surface area contributed by atoms with Crippen LogP contribution in [0.3, 0.4) is 0 Å². The van der Waals surface area contributed by atoms with E-state index >= 15 is 0 Å². The van der Waals surface area contributed by atoms with Crippen LogP contribution in [0, 0.1) is 17.8 Å². The van der Waals surface area contributed by atoms with E-state index in [9.17, 15) is 0 Å². The summed E-state index contributed by atoms with van der Waals surface area (Å²) in [5.74, 6) is 2.84. The maximum Gasteiger partial charge on any atom is 0.0232 e. The van der Waals surface area contributed by atoms with Crippen LogP contribution in [0.4, 0.5) is 0 Å². The van der Waals surface area contributed by atoms with Gasteiger partial charge in [0.15, 0.2) is 0 Å². The fourth-order valence-corrected chi connectivity index (χ4v) is 3.98. The predicted molar refractivity (Wildman–Crippen MR) is 76.0 cm³/mol. The lowest BCUT2D eigenvalue weighted by Crippen LogP contribution is -2.31. The third-order valence-electron chi connectivity index (χ3n) is 3.90. The van der Waals surface area contributed by atoms with Gasteiger partial charge in [0.05, 0.1) is 0 Å². The Bertz CT molecular complexity index is 169. The first-order chi connectivity index (χ1) is 6.47. The van der Waals surface area contributed by atoms with Crippen LogP contribution in [0.5, 0.6) is 0 Å². The third kappa shape index (κ3) is 3.29. The van der Waals surface area contributed by atoms with E-state index in [1.165, 1.54) is 25.7 Å². The van der Waals surface area contributed by atoms with E-state index in [-0.39, 0.29) is 0 Å². The van der Waals surface area contributed by atoms with Gasteiger partial charge in [-0.25, -0.2) is 0 Å². The molecular weight excluding hydrogens is 303 g/mol. The van der Waals surface area contributed by atoms with Crippen molar-refractivity contribution in [3.8, 4) is 0 Å². The van der Waals surface area contributed by atoms with Crippen LogP contribution in [-0.4, -0.2) is 4.75 Å². The summed E-state index contributed by atoms with van der Waals surface area (Å²) in [5.41, 5.74) is 0. The highest BCUT2D eigenvalue weighted by Crippen LogP contribution is 2.46. The van der Waals surface area contributed by atoms with Gasteiger partial charge in [-0.15, -0.1) is 0 Å². The molecule has 2 heteroatoms. The molecule has 0 aromatic heterocycles. The van der Waals surface area contributed by atoms with Gasteiger partial charge in [0.25, 0.3) is 0 Å². The average molecular weight is 326 g/mol. The molecular formula is C12H23IS. The van der Waals surface area contributed by atoms with Gasteiger partial charge in [0.2, 0.25) is 0 Å². The van der Waals surface area contributed by atoms with Crippen LogP contribution in [-0.2, 0) is 0 Å². The normalized spacial score (nSPS) is 29.6. The first-order valence-corrected chi connectivity index (χ1v) is 9.13. The molecule has 0 spiro atoms. The van der Waals surface area contributed by atoms with Crippen LogP contribution in [0.25, 0.3) is 0 Å². The van der Waals surface area contributed by atoms with Crippen molar-refractivity contribution in [1.29, 1.82) is 0 Å². The van der Waals surface area contributed by atoms with Gasteiger partial charge in [-0.3, -0.25) is 0 Å². The van der Waals surface area contributed by atoms with Crippen molar-refractivity contribution >= 4 is 30.1 Å². The minimum atomic E-state index is 0.489. The van der Waals surface area contributed by atoms with Crippen LogP contribution in [0.15, 0.2) is 0 Å². The van der Waals surface area contributed by atoms with Crippen molar-refractivity contribution in [2.24, 2.45) is 17.8 Å². The zero-order valence-electron chi connectivity index (χ0n) is 9.85. The van der Waals surface area contributed by atoms with Gasteiger partial charge in [0, 0.05) is 4.75 Å². The molecule has 0 bridgehead atoms. The fraction of sp³-hybridized carbons (Fsp3) is 1.00. The molecule has 0 atom stereocenters. The highest BCUT2D eigenvalue weighted by atomic mass is 127. The van der Waals surface area contributed by atoms with Crippen molar-refractivity contribution in [2.75, 3.05) is 0 Å². The van der Waals surface area contributed by atoms with Crippen molar-refractivity contribution in [3.05, 3.63) is 0 Å². The van der Waals surface area contributed by atoms with E-state index in [1.54, 1.807) is 0 Å². The smallest absolute Gasteiger partial charge is 0.0232 e. The molecule has 1 saturated carbocycles. The second-order valence-corrected chi connectivity index (χ2v) is 8.06. The second kappa shape index (κ2) is 5.42. The highest BCUT2D eigenvalue weighted by molar-refractivity contribution is 14.2. The van der Waals surface area contributed by atoms with E-state index in [4.69, 9.17) is 0 Å². The first-order valence-electron chi connectivity index (χ1n) is 5.77. The van der Waals surface area contributed by atoms with Gasteiger partial charge in [-0.05, 0) is 78.5 Å². The number of halogens is 1. The molecule has 14 heavy (non-hydrogen) atoms. The third-order valence-corrected chi connectivity index (χ3v) is 8.03. The molecule has 1 rings (SSSR count). The number of hydrogen-bond acceptors (Lipinski definition) is 1. The Balaban J connectivity index is 2.43. The van der Waals surface area contributed by atoms with Crippen LogP contribution in [0.2, 0.25) is 0 Å². The molecule has 0 nitrogen and oxygen atoms in total. The Hall–Kier alpha value is 1.08. The molecule has 0 aromatic rings. The molecule has 0 amide bonds. The van der Waals surface area contributed by atoms with E-state index in [1.807, 2.05) is 8.93 Å². The number of hydrogen-bond donors (Lipinski definition) is 0. The summed E-state index contributed by atoms with van der Waals surface area (Å²) in [6.45, 7) is 9.57. The van der Waals surface area contributed by atoms with E-state index in [0.29, 0.717) is 4.75 Å². The maximum atomic E-state index is 2.47. The van der Waals surface area contributed by atoms with E-state index in [2.05, 4.69) is 48.9 Å². The summed E-state index contributed by atoms with van der Waals surface area (Å²) in [7, 11) is 2.01. The lowest BCUT2D eigenvalue weighted by Gasteiger charge is -2.38. The molecule has 0 N–H and O–H groups in total. The summed E-state index contributed by atoms with van der Waals surface area (Å²) in [6, 6.07) is 0. The lowest BCUT2D eigenvalue weighted by molar-refractivity contribution is 0.202. The molecule has 0 aliphatic heterocycles. The molecule has 0 saturated heterocycles. The highest BCUT2D eigenvalue weighted by Gasteiger charge is 2.33. The Morgan fingerprint density at radius 3 is 2.00 bits per heavy atom. The average Bonchev–Trinajstić information content (AvgIpc) is 2.18. The maximum absolute atomic E-state index is 2.47. The zero-order valence-corrected chi connectivity index (χ0v) is 12.8. The van der Waals surface area contributed by atoms with Crippen molar-refractivity contribution in [2.45, 2.75) is 58.1 Å². The van der Waals surface area contributed by atoms with E-state index < -0.39 is 0 Å². The summed E-state index contributed by atoms with van der Waals surface area (Å²) >= 11 is 2.47. The summed E-state index contributed by atoms with van der Waals surface area (Å²) in [4.78, 5) is 0. The zero-order chi connectivity index (χ0) is 10.8. The standard InChI is InChI=1S/C12H23IS/c1-9(2)10-5-7-11(8-6-10)12(3,4)14-13/h9-11H,5-8H2,1-4H3. The Morgan fingerprint density at radius 1 is 1.14 bits per heavy atom. The van der Waals surface area contributed by atoms with Gasteiger partial charge in [-0.1, -0.05) is 22.8 Å². The quantitative estimate of drug-likeness (QED) is 0.633. The fourth-order valence-electron chi connectivity index (χ4n) is 2.54. The molecule has 84 valence electrons. The predicted octanol–water partition coefficient (Wildman–Crippen LogP) is 5.31. The second-order valence-electron chi connectivity index (χ2n) is 5.54. The minimum Gasteiger partial charge on any atom is -0.0828 e. The molecule has 0 aromatic carbocycles. The Kier molecular flexibility index (Phi) is 5.09. The topological polar surface area (TPSA) is 0 Å². The van der Waals surface area contributed by atoms with Gasteiger partial charge >= 0.3 is 0 Å². The van der Waals surface area contributed by atoms with Crippen LogP contribution in [0.1, 0.15) is 53.4 Å². The lowest BCUT2D eigenvalue weighted by atomic mass is 9.73. The Morgan fingerprint density at radius 2 is 1.64 bits per heavy atom. The van der Waals surface area contributed by atoms with Gasteiger partial charge in [-0.2, -0.15) is 0 Å². The molecule has 1 fully saturated rings. The van der Waals surface area contributed by atoms with Crippen LogP contribution >= 0.6 is 30.1 Å². The summed E-state index contributed by atoms with van der Waals surface area (Å²) < 4.78 is 0.489. The molecule has 0 unspecified atom stereocenters. The Labute approximate surface area is 106 Å². The number of rotatable bonds is 3.